The van der Waals surface area contributed by atoms with Gasteiger partial charge in [-0.3, -0.25) is 9.62 Å². The summed E-state index contributed by atoms with van der Waals surface area (Å²) in [5.74, 6) is -8.13. The monoisotopic (exact) mass is 474 g/mol. The van der Waals surface area contributed by atoms with Crippen molar-refractivity contribution in [2.45, 2.75) is 46.0 Å². The molecule has 2 aromatic carbocycles. The summed E-state index contributed by atoms with van der Waals surface area (Å²) in [6, 6.07) is 2.95. The molecular weight excluding hydrogens is 452 g/mol. The molecule has 32 heavy (non-hydrogen) atoms. The van der Waals surface area contributed by atoms with Crippen molar-refractivity contribution in [2.24, 2.45) is 0 Å². The van der Waals surface area contributed by atoms with E-state index in [-0.39, 0.29) is 5.69 Å². The second kappa shape index (κ2) is 8.61. The zero-order valence-electron chi connectivity index (χ0n) is 17.9. The second-order valence-corrected chi connectivity index (χ2v) is 9.29. The summed E-state index contributed by atoms with van der Waals surface area (Å²) in [5.41, 5.74) is -0.447. The quantitative estimate of drug-likeness (QED) is 0.460. The Morgan fingerprint density at radius 2 is 1.62 bits per heavy atom. The average Bonchev–Trinajstić information content (AvgIpc) is 2.72. The molecule has 0 bridgehead atoms. The van der Waals surface area contributed by atoms with E-state index in [9.17, 15) is 30.8 Å². The molecule has 0 fully saturated rings. The van der Waals surface area contributed by atoms with Crippen LogP contribution in [-0.2, 0) is 20.5 Å². The van der Waals surface area contributed by atoms with E-state index in [0.717, 1.165) is 6.92 Å². The molecule has 1 aliphatic heterocycles. The molecule has 0 aliphatic carbocycles. The first-order chi connectivity index (χ1) is 14.9. The van der Waals surface area contributed by atoms with E-state index in [1.807, 2.05) is 6.92 Å². The summed E-state index contributed by atoms with van der Waals surface area (Å²) in [4.78, 5) is 13.6. The van der Waals surface area contributed by atoms with Crippen LogP contribution in [0, 0.1) is 37.1 Å². The Morgan fingerprint density at radius 1 is 1.03 bits per heavy atom. The number of hydrogen-bond donors (Lipinski definition) is 1. The number of anilines is 2. The van der Waals surface area contributed by atoms with Crippen LogP contribution in [0.3, 0.4) is 0 Å². The van der Waals surface area contributed by atoms with Crippen molar-refractivity contribution < 1.29 is 35.5 Å². The van der Waals surface area contributed by atoms with Gasteiger partial charge in [0.2, 0.25) is 10.0 Å². The molecular formula is C21H22F4N2O4S. The van der Waals surface area contributed by atoms with Crippen molar-refractivity contribution in [2.75, 3.05) is 16.2 Å². The molecule has 6 nitrogen and oxygen atoms in total. The van der Waals surface area contributed by atoms with Gasteiger partial charge in [0, 0.05) is 23.2 Å². The summed E-state index contributed by atoms with van der Waals surface area (Å²) >= 11 is 0. The molecule has 2 aromatic rings. The van der Waals surface area contributed by atoms with Crippen LogP contribution in [0.1, 0.15) is 48.6 Å². The first kappa shape index (κ1) is 23.8. The molecule has 3 rings (SSSR count). The van der Waals surface area contributed by atoms with E-state index >= 15 is 0 Å². The Morgan fingerprint density at radius 3 is 2.19 bits per heavy atom. The van der Waals surface area contributed by atoms with Crippen LogP contribution in [0.15, 0.2) is 12.1 Å². The number of cyclic esters (lactones) is 1. The number of hydrogen-bond acceptors (Lipinski definition) is 4. The third-order valence-corrected chi connectivity index (χ3v) is 6.51. The lowest BCUT2D eigenvalue weighted by atomic mass is 9.98. The highest BCUT2D eigenvalue weighted by atomic mass is 32.2. The van der Waals surface area contributed by atoms with Gasteiger partial charge in [-0.2, -0.15) is 0 Å². The number of ether oxygens (including phenoxy) is 1. The van der Waals surface area contributed by atoms with Gasteiger partial charge in [-0.25, -0.2) is 30.8 Å². The van der Waals surface area contributed by atoms with Gasteiger partial charge in [-0.05, 0) is 44.9 Å². The third kappa shape index (κ3) is 4.13. The topological polar surface area (TPSA) is 75.7 Å². The number of nitrogens with zero attached hydrogens (tertiary/aromatic N) is 1. The van der Waals surface area contributed by atoms with Crippen molar-refractivity contribution in [3.8, 4) is 0 Å². The van der Waals surface area contributed by atoms with Crippen molar-refractivity contribution in [3.63, 3.8) is 0 Å². The molecule has 0 spiro atoms. The van der Waals surface area contributed by atoms with E-state index in [2.05, 4.69) is 4.72 Å². The van der Waals surface area contributed by atoms with Gasteiger partial charge in [0.25, 0.3) is 0 Å². The number of nitrogens with one attached hydrogen (secondary N) is 1. The summed E-state index contributed by atoms with van der Waals surface area (Å²) in [5, 5.41) is 0. The lowest BCUT2D eigenvalue weighted by Gasteiger charge is -2.34. The minimum atomic E-state index is -4.46. The van der Waals surface area contributed by atoms with Crippen LogP contribution >= 0.6 is 0 Å². The molecule has 174 valence electrons. The number of sulfonamides is 1. The summed E-state index contributed by atoms with van der Waals surface area (Å²) in [6.07, 6.45) is -0.517. The molecule has 11 heteroatoms. The zero-order valence-corrected chi connectivity index (χ0v) is 18.7. The largest absolute Gasteiger partial charge is 0.441 e. The summed E-state index contributed by atoms with van der Waals surface area (Å²) < 4.78 is 88.7. The normalized spacial score (nSPS) is 16.1. The maximum Gasteiger partial charge on any atom is 0.414 e. The van der Waals surface area contributed by atoms with Gasteiger partial charge >= 0.3 is 6.09 Å². The number of fused-ring (bicyclic) bond motifs is 1. The van der Waals surface area contributed by atoms with Gasteiger partial charge in [0.05, 0.1) is 11.4 Å². The van der Waals surface area contributed by atoms with Crippen LogP contribution < -0.4 is 9.62 Å². The van der Waals surface area contributed by atoms with E-state index in [1.165, 1.54) is 11.0 Å². The van der Waals surface area contributed by atoms with Gasteiger partial charge < -0.3 is 4.74 Å². The van der Waals surface area contributed by atoms with Crippen LogP contribution in [0.25, 0.3) is 0 Å². The fourth-order valence-electron chi connectivity index (χ4n) is 3.69. The number of amides is 1. The first-order valence-corrected chi connectivity index (χ1v) is 11.5. The van der Waals surface area contributed by atoms with Crippen LogP contribution in [0.4, 0.5) is 33.7 Å². The van der Waals surface area contributed by atoms with E-state index < -0.39 is 62.4 Å². The molecule has 1 unspecified atom stereocenters. The van der Waals surface area contributed by atoms with Gasteiger partial charge in [0.1, 0.15) is 11.9 Å². The Bertz CT molecular complexity index is 1170. The van der Waals surface area contributed by atoms with E-state index in [0.29, 0.717) is 29.8 Å². The molecule has 1 amide bonds. The average molecular weight is 474 g/mol. The molecule has 1 aliphatic rings. The number of carbonyl (C=O) groups is 1. The highest BCUT2D eigenvalue weighted by Gasteiger charge is 2.33. The number of benzene rings is 2. The van der Waals surface area contributed by atoms with Crippen molar-refractivity contribution in [3.05, 3.63) is 57.7 Å². The molecule has 0 aromatic heterocycles. The Labute approximate surface area is 183 Å². The standard InChI is InChI=1S/C21H22F4N2O4S/c1-5-8-27-15-7-6-14(10(2)16(15)12(4)31-21(27)28)26-32(29,30)9-13-19(24)17(22)11(3)18(23)20(13)25/h6-7,12,26H,5,8-9H2,1-4H3. The third-order valence-electron chi connectivity index (χ3n) is 5.31. The smallest absolute Gasteiger partial charge is 0.414 e. The molecule has 0 saturated carbocycles. The van der Waals surface area contributed by atoms with Crippen LogP contribution in [0.5, 0.6) is 0 Å². The minimum Gasteiger partial charge on any atom is -0.441 e. The Balaban J connectivity index is 1.98. The predicted molar refractivity (Wildman–Crippen MR) is 111 cm³/mol. The fourth-order valence-corrected chi connectivity index (χ4v) is 4.95. The highest BCUT2D eigenvalue weighted by Crippen LogP contribution is 2.40. The maximum atomic E-state index is 14.2. The molecule has 1 N–H and O–H groups in total. The fraction of sp³-hybridized carbons (Fsp3) is 0.381. The van der Waals surface area contributed by atoms with Crippen LogP contribution in [0.2, 0.25) is 0 Å². The van der Waals surface area contributed by atoms with Crippen molar-refractivity contribution >= 4 is 27.5 Å². The molecule has 0 saturated heterocycles. The number of rotatable bonds is 6. The molecule has 1 atom stereocenters. The summed E-state index contributed by atoms with van der Waals surface area (Å²) in [7, 11) is -4.46. The summed E-state index contributed by atoms with van der Waals surface area (Å²) in [6.45, 7) is 6.36. The Kier molecular flexibility index (Phi) is 6.41. The number of halogens is 4. The van der Waals surface area contributed by atoms with Gasteiger partial charge in [0.15, 0.2) is 23.3 Å². The maximum absolute atomic E-state index is 14.2. The number of carbonyl (C=O) groups excluding carboxylic acids is 1. The minimum absolute atomic E-state index is 0.0823. The first-order valence-electron chi connectivity index (χ1n) is 9.83. The van der Waals surface area contributed by atoms with E-state index in [1.54, 1.807) is 19.9 Å². The van der Waals surface area contributed by atoms with E-state index in [4.69, 9.17) is 4.74 Å². The van der Waals surface area contributed by atoms with Crippen molar-refractivity contribution in [1.82, 2.24) is 0 Å². The lowest BCUT2D eigenvalue weighted by molar-refractivity contribution is 0.107. The van der Waals surface area contributed by atoms with Crippen LogP contribution in [-0.4, -0.2) is 21.1 Å². The second-order valence-electron chi connectivity index (χ2n) is 7.57. The van der Waals surface area contributed by atoms with Crippen molar-refractivity contribution in [1.29, 1.82) is 0 Å². The Hall–Kier alpha value is -2.82. The zero-order chi connectivity index (χ0) is 24.0. The predicted octanol–water partition coefficient (Wildman–Crippen LogP) is 5.23. The highest BCUT2D eigenvalue weighted by molar-refractivity contribution is 7.91. The SMILES string of the molecule is CCCN1C(=O)OC(C)c2c1ccc(NS(=O)(=O)Cc1c(F)c(F)c(C)c(F)c1F)c2C. The molecule has 1 heterocycles. The van der Waals surface area contributed by atoms with Gasteiger partial charge in [-0.1, -0.05) is 6.92 Å². The lowest BCUT2D eigenvalue weighted by Crippen LogP contribution is -2.38. The van der Waals surface area contributed by atoms with Gasteiger partial charge in [-0.15, -0.1) is 0 Å². The molecule has 0 radical (unpaired) electrons.